The quantitative estimate of drug-likeness (QED) is 0.286. The number of thioether (sulfide) groups is 1. The Labute approximate surface area is 171 Å². The van der Waals surface area contributed by atoms with Crippen LogP contribution in [-0.2, 0) is 5.75 Å². The maximum absolute atomic E-state index is 12.1. The van der Waals surface area contributed by atoms with Crippen LogP contribution >= 0.6 is 11.8 Å². The molecule has 4 nitrogen and oxygen atoms in total. The molecule has 2 aromatic heterocycles. The lowest BCUT2D eigenvalue weighted by Gasteiger charge is -2.10. The lowest BCUT2D eigenvalue weighted by atomic mass is 10.1. The predicted molar refractivity (Wildman–Crippen MR) is 118 cm³/mol. The van der Waals surface area contributed by atoms with Crippen LogP contribution in [0.4, 0.5) is 0 Å². The number of aromatic nitrogens is 2. The van der Waals surface area contributed by atoms with E-state index in [9.17, 15) is 4.79 Å². The summed E-state index contributed by atoms with van der Waals surface area (Å²) in [5, 5.41) is 1.86. The zero-order valence-corrected chi connectivity index (χ0v) is 16.6. The van der Waals surface area contributed by atoms with Gasteiger partial charge >= 0.3 is 5.63 Å². The summed E-state index contributed by atoms with van der Waals surface area (Å²) in [6, 6.07) is 25.9. The number of imidazole rings is 1. The Balaban J connectivity index is 1.59. The normalized spacial score (nSPS) is 11.3. The van der Waals surface area contributed by atoms with Crippen molar-refractivity contribution < 1.29 is 4.42 Å². The first-order valence-corrected chi connectivity index (χ1v) is 10.4. The molecule has 0 atom stereocenters. The molecule has 5 aromatic rings. The lowest BCUT2D eigenvalue weighted by Crippen LogP contribution is -2.01. The second-order valence-corrected chi connectivity index (χ2v) is 7.88. The minimum Gasteiger partial charge on any atom is -0.423 e. The molecule has 5 heteroatoms. The summed E-state index contributed by atoms with van der Waals surface area (Å²) in [5.74, 6) is 0.626. The summed E-state index contributed by atoms with van der Waals surface area (Å²) >= 11 is 1.62. The number of aryl methyl sites for hydroxylation is 1. The maximum atomic E-state index is 12.1. The number of nitrogens with zero attached hydrogens (tertiary/aromatic N) is 2. The molecular formula is C24H18N2O2S. The third-order valence-corrected chi connectivity index (χ3v) is 5.87. The van der Waals surface area contributed by atoms with Crippen LogP contribution in [0.25, 0.3) is 27.7 Å². The smallest absolute Gasteiger partial charge is 0.336 e. The summed E-state index contributed by atoms with van der Waals surface area (Å²) in [7, 11) is 0. The van der Waals surface area contributed by atoms with Gasteiger partial charge in [0.2, 0.25) is 0 Å². The van der Waals surface area contributed by atoms with Crippen LogP contribution in [0.2, 0.25) is 0 Å². The molecule has 0 spiro atoms. The van der Waals surface area contributed by atoms with Crippen molar-refractivity contribution in [3.05, 3.63) is 100 Å². The zero-order chi connectivity index (χ0) is 19.8. The summed E-state index contributed by atoms with van der Waals surface area (Å²) in [6.07, 6.45) is 0. The monoisotopic (exact) mass is 398 g/mol. The Morgan fingerprint density at radius 2 is 1.76 bits per heavy atom. The third-order valence-electron chi connectivity index (χ3n) is 4.89. The average molecular weight is 398 g/mol. The number of rotatable bonds is 4. The molecule has 2 heterocycles. The van der Waals surface area contributed by atoms with Crippen molar-refractivity contribution >= 4 is 33.8 Å². The SMILES string of the molecule is Cc1ccc2c(CSc3nc4ccccc4n3-c3ccccc3)cc(=O)oc2c1. The van der Waals surface area contributed by atoms with E-state index in [1.165, 1.54) is 0 Å². The third kappa shape index (κ3) is 3.34. The molecule has 0 fully saturated rings. The minimum absolute atomic E-state index is 0.324. The van der Waals surface area contributed by atoms with E-state index >= 15 is 0 Å². The second-order valence-electron chi connectivity index (χ2n) is 6.93. The molecule has 0 saturated carbocycles. The molecule has 0 radical (unpaired) electrons. The van der Waals surface area contributed by atoms with Crippen molar-refractivity contribution in [2.75, 3.05) is 0 Å². The Morgan fingerprint density at radius 3 is 2.62 bits per heavy atom. The van der Waals surface area contributed by atoms with Crippen molar-refractivity contribution in [2.45, 2.75) is 17.8 Å². The van der Waals surface area contributed by atoms with Gasteiger partial charge in [-0.3, -0.25) is 4.57 Å². The van der Waals surface area contributed by atoms with E-state index in [2.05, 4.69) is 22.8 Å². The van der Waals surface area contributed by atoms with Gasteiger partial charge in [0.25, 0.3) is 0 Å². The van der Waals surface area contributed by atoms with Crippen molar-refractivity contribution in [3.63, 3.8) is 0 Å². The van der Waals surface area contributed by atoms with Gasteiger partial charge in [-0.2, -0.15) is 0 Å². The van der Waals surface area contributed by atoms with Crippen LogP contribution < -0.4 is 5.63 Å². The molecule has 0 bridgehead atoms. The van der Waals surface area contributed by atoms with Gasteiger partial charge in [-0.05, 0) is 48.4 Å². The summed E-state index contributed by atoms with van der Waals surface area (Å²) in [4.78, 5) is 16.9. The van der Waals surface area contributed by atoms with Crippen LogP contribution in [0.3, 0.4) is 0 Å². The van der Waals surface area contributed by atoms with Crippen molar-refractivity contribution in [2.24, 2.45) is 0 Å². The fraction of sp³-hybridized carbons (Fsp3) is 0.0833. The van der Waals surface area contributed by atoms with Crippen LogP contribution in [0.15, 0.2) is 93.2 Å². The van der Waals surface area contributed by atoms with Crippen molar-refractivity contribution in [3.8, 4) is 5.69 Å². The van der Waals surface area contributed by atoms with E-state index < -0.39 is 0 Å². The van der Waals surface area contributed by atoms with Gasteiger partial charge in [-0.1, -0.05) is 54.2 Å². The van der Waals surface area contributed by atoms with E-state index in [0.29, 0.717) is 11.3 Å². The molecule has 5 rings (SSSR count). The first kappa shape index (κ1) is 17.8. The van der Waals surface area contributed by atoms with Crippen LogP contribution in [-0.4, -0.2) is 9.55 Å². The highest BCUT2D eigenvalue weighted by Gasteiger charge is 2.14. The number of fused-ring (bicyclic) bond motifs is 2. The van der Waals surface area contributed by atoms with Gasteiger partial charge in [0, 0.05) is 22.9 Å². The summed E-state index contributed by atoms with van der Waals surface area (Å²) < 4.78 is 7.56. The van der Waals surface area contributed by atoms with Gasteiger partial charge in [0.15, 0.2) is 5.16 Å². The molecular weight excluding hydrogens is 380 g/mol. The van der Waals surface area contributed by atoms with Crippen LogP contribution in [0.5, 0.6) is 0 Å². The Hall–Kier alpha value is -3.31. The largest absolute Gasteiger partial charge is 0.423 e. The van der Waals surface area contributed by atoms with E-state index in [1.54, 1.807) is 17.8 Å². The van der Waals surface area contributed by atoms with Gasteiger partial charge in [-0.15, -0.1) is 0 Å². The number of benzene rings is 3. The molecule has 0 aliphatic heterocycles. The first-order valence-electron chi connectivity index (χ1n) is 9.38. The minimum atomic E-state index is -0.324. The second kappa shape index (κ2) is 7.26. The van der Waals surface area contributed by atoms with Crippen molar-refractivity contribution in [1.29, 1.82) is 0 Å². The number of hydrogen-bond acceptors (Lipinski definition) is 4. The molecule has 142 valence electrons. The maximum Gasteiger partial charge on any atom is 0.336 e. The molecule has 3 aromatic carbocycles. The highest BCUT2D eigenvalue weighted by atomic mass is 32.2. The first-order chi connectivity index (χ1) is 14.2. The fourth-order valence-electron chi connectivity index (χ4n) is 3.53. The van der Waals surface area contributed by atoms with E-state index in [0.717, 1.165) is 38.4 Å². The summed E-state index contributed by atoms with van der Waals surface area (Å²) in [6.45, 7) is 1.99. The highest BCUT2D eigenvalue weighted by Crippen LogP contribution is 2.31. The highest BCUT2D eigenvalue weighted by molar-refractivity contribution is 7.98. The Kier molecular flexibility index (Phi) is 4.45. The average Bonchev–Trinajstić information content (AvgIpc) is 3.10. The molecule has 0 aliphatic carbocycles. The Bertz CT molecular complexity index is 1390. The zero-order valence-electron chi connectivity index (χ0n) is 15.8. The fourth-order valence-corrected chi connectivity index (χ4v) is 4.55. The van der Waals surface area contributed by atoms with E-state index in [-0.39, 0.29) is 5.63 Å². The van der Waals surface area contributed by atoms with Gasteiger partial charge in [-0.25, -0.2) is 9.78 Å². The summed E-state index contributed by atoms with van der Waals surface area (Å²) in [5.41, 5.74) is 5.40. The molecule has 29 heavy (non-hydrogen) atoms. The van der Waals surface area contributed by atoms with E-state index in [4.69, 9.17) is 9.40 Å². The van der Waals surface area contributed by atoms with Gasteiger partial charge in [0.1, 0.15) is 5.58 Å². The molecule has 0 N–H and O–H groups in total. The predicted octanol–water partition coefficient (Wildman–Crippen LogP) is 5.73. The Morgan fingerprint density at radius 1 is 0.966 bits per heavy atom. The number of hydrogen-bond donors (Lipinski definition) is 0. The molecule has 0 unspecified atom stereocenters. The molecule has 0 saturated heterocycles. The topological polar surface area (TPSA) is 48.0 Å². The van der Waals surface area contributed by atoms with Crippen LogP contribution in [0, 0.1) is 6.92 Å². The van der Waals surface area contributed by atoms with Crippen LogP contribution in [0.1, 0.15) is 11.1 Å². The molecule has 0 amide bonds. The van der Waals surface area contributed by atoms with E-state index in [1.807, 2.05) is 61.5 Å². The lowest BCUT2D eigenvalue weighted by molar-refractivity contribution is 0.559. The number of para-hydroxylation sites is 3. The van der Waals surface area contributed by atoms with Crippen molar-refractivity contribution in [1.82, 2.24) is 9.55 Å². The van der Waals surface area contributed by atoms with Gasteiger partial charge < -0.3 is 4.42 Å². The molecule has 0 aliphatic rings. The standard InChI is InChI=1S/C24H18N2O2S/c1-16-11-12-19-17(14-23(27)28-22(19)13-16)15-29-24-25-20-9-5-6-10-21(20)26(24)18-7-3-2-4-8-18/h2-14H,15H2,1H3. The van der Waals surface area contributed by atoms with Gasteiger partial charge in [0.05, 0.1) is 11.0 Å².